The van der Waals surface area contributed by atoms with Crippen LogP contribution in [0.4, 0.5) is 0 Å². The fraction of sp³-hybridized carbons (Fsp3) is 0.381. The summed E-state index contributed by atoms with van der Waals surface area (Å²) >= 11 is 0. The largest absolute Gasteiger partial charge is 0.376 e. The zero-order valence-electron chi connectivity index (χ0n) is 15.6. The number of piperidine rings is 1. The summed E-state index contributed by atoms with van der Waals surface area (Å²) in [6.45, 7) is 4.32. The van der Waals surface area contributed by atoms with E-state index >= 15 is 0 Å². The summed E-state index contributed by atoms with van der Waals surface area (Å²) < 4.78 is 5.87. The van der Waals surface area contributed by atoms with Gasteiger partial charge in [0.05, 0.1) is 17.7 Å². The zero-order chi connectivity index (χ0) is 18.6. The normalized spacial score (nSPS) is 17.4. The summed E-state index contributed by atoms with van der Waals surface area (Å²) in [7, 11) is 0. The van der Waals surface area contributed by atoms with Crippen molar-refractivity contribution in [2.24, 2.45) is 0 Å². The van der Waals surface area contributed by atoms with Crippen LogP contribution in [0.5, 0.6) is 0 Å². The molecular formula is C21H25N4O2+. The van der Waals surface area contributed by atoms with Crippen molar-refractivity contribution in [1.29, 1.82) is 0 Å². The highest BCUT2D eigenvalue weighted by molar-refractivity contribution is 5.97. The Labute approximate surface area is 158 Å². The number of nitrogens with one attached hydrogen (secondary N) is 2. The molecule has 0 bridgehead atoms. The lowest BCUT2D eigenvalue weighted by Crippen LogP contribution is -2.43. The van der Waals surface area contributed by atoms with Crippen LogP contribution in [0.15, 0.2) is 42.9 Å². The predicted octanol–water partition coefficient (Wildman–Crippen LogP) is 3.08. The minimum Gasteiger partial charge on any atom is -0.376 e. The van der Waals surface area contributed by atoms with Crippen LogP contribution in [-0.2, 0) is 4.74 Å². The third-order valence-electron chi connectivity index (χ3n) is 5.01. The molecule has 3 heterocycles. The van der Waals surface area contributed by atoms with E-state index in [2.05, 4.69) is 21.9 Å². The highest BCUT2D eigenvalue weighted by Crippen LogP contribution is 2.25. The molecule has 2 N–H and O–H groups in total. The number of aromatic nitrogens is 3. The Bertz CT molecular complexity index is 937. The van der Waals surface area contributed by atoms with Crippen molar-refractivity contribution in [2.75, 3.05) is 19.7 Å². The van der Waals surface area contributed by atoms with E-state index in [-0.39, 0.29) is 12.0 Å². The molecule has 1 amide bonds. The molecule has 0 unspecified atom stereocenters. The molecule has 1 atom stereocenters. The summed E-state index contributed by atoms with van der Waals surface area (Å²) in [5.41, 5.74) is 3.42. The number of ether oxygens (including phenoxy) is 1. The monoisotopic (exact) mass is 365 g/mol. The molecule has 1 aliphatic rings. The van der Waals surface area contributed by atoms with Gasteiger partial charge in [0, 0.05) is 30.8 Å². The van der Waals surface area contributed by atoms with Gasteiger partial charge in [0.15, 0.2) is 5.69 Å². The molecule has 0 spiro atoms. The van der Waals surface area contributed by atoms with Gasteiger partial charge in [-0.05, 0) is 37.5 Å². The molecule has 0 aliphatic carbocycles. The highest BCUT2D eigenvalue weighted by atomic mass is 16.5. The molecule has 1 saturated heterocycles. The Kier molecular flexibility index (Phi) is 5.16. The van der Waals surface area contributed by atoms with Crippen molar-refractivity contribution < 1.29 is 14.5 Å². The average Bonchev–Trinajstić information content (AvgIpc) is 3.21. The molecule has 4 rings (SSSR count). The van der Waals surface area contributed by atoms with Crippen molar-refractivity contribution in [3.63, 3.8) is 0 Å². The predicted molar refractivity (Wildman–Crippen MR) is 103 cm³/mol. The van der Waals surface area contributed by atoms with E-state index in [0.29, 0.717) is 12.1 Å². The maximum absolute atomic E-state index is 13.1. The van der Waals surface area contributed by atoms with Gasteiger partial charge >= 0.3 is 0 Å². The van der Waals surface area contributed by atoms with Crippen LogP contribution >= 0.6 is 0 Å². The van der Waals surface area contributed by atoms with Gasteiger partial charge in [-0.2, -0.15) is 0 Å². The summed E-state index contributed by atoms with van der Waals surface area (Å²) in [5.74, 6) is 0.0643. The molecule has 140 valence electrons. The molecule has 27 heavy (non-hydrogen) atoms. The van der Waals surface area contributed by atoms with E-state index in [4.69, 9.17) is 4.74 Å². The Morgan fingerprint density at radius 3 is 3.22 bits per heavy atom. The smallest absolute Gasteiger partial charge is 0.253 e. The van der Waals surface area contributed by atoms with E-state index in [9.17, 15) is 4.79 Å². The fourth-order valence-corrected chi connectivity index (χ4v) is 3.67. The Balaban J connectivity index is 1.57. The fourth-order valence-electron chi connectivity index (χ4n) is 3.67. The summed E-state index contributed by atoms with van der Waals surface area (Å²) in [5, 5.41) is 1.01. The van der Waals surface area contributed by atoms with Gasteiger partial charge in [0.2, 0.25) is 12.0 Å². The first-order valence-corrected chi connectivity index (χ1v) is 9.61. The van der Waals surface area contributed by atoms with Crippen LogP contribution in [-0.4, -0.2) is 46.6 Å². The van der Waals surface area contributed by atoms with Gasteiger partial charge in [-0.1, -0.05) is 19.1 Å². The average molecular weight is 365 g/mol. The first-order valence-electron chi connectivity index (χ1n) is 9.61. The second-order valence-corrected chi connectivity index (χ2v) is 6.98. The van der Waals surface area contributed by atoms with Gasteiger partial charge < -0.3 is 9.64 Å². The number of likely N-dealkylation sites (tertiary alicyclic amines) is 1. The van der Waals surface area contributed by atoms with Crippen LogP contribution in [0.2, 0.25) is 0 Å². The molecule has 0 radical (unpaired) electrons. The SMILES string of the molecule is CCCO[C@H]1CCCN(C(=O)c2cccc(-c3nc[nH+]c4[nH]ccc34)c2)C1. The quantitative estimate of drug-likeness (QED) is 0.755. The zero-order valence-corrected chi connectivity index (χ0v) is 15.6. The first-order chi connectivity index (χ1) is 13.3. The number of H-pyrrole nitrogens is 2. The van der Waals surface area contributed by atoms with E-state index in [0.717, 1.165) is 54.7 Å². The van der Waals surface area contributed by atoms with E-state index in [1.807, 2.05) is 41.4 Å². The number of aromatic amines is 2. The molecule has 1 aliphatic heterocycles. The van der Waals surface area contributed by atoms with Crippen LogP contribution in [0.1, 0.15) is 36.5 Å². The standard InChI is InChI=1S/C21H24N4O2/c1-2-11-27-17-7-4-10-25(13-17)21(26)16-6-3-5-15(12-16)19-18-8-9-22-20(18)24-14-23-19/h3,5-6,8-9,12,14,17H,2,4,7,10-11,13H2,1H3,(H,22,23,24)/p+1/t17-/m0/s1. The lowest BCUT2D eigenvalue weighted by Gasteiger charge is -2.32. The number of amides is 1. The van der Waals surface area contributed by atoms with Gasteiger partial charge in [0.1, 0.15) is 0 Å². The van der Waals surface area contributed by atoms with Crippen LogP contribution < -0.4 is 4.98 Å². The number of hydrogen-bond donors (Lipinski definition) is 1. The van der Waals surface area contributed by atoms with Crippen LogP contribution in [0.25, 0.3) is 22.3 Å². The van der Waals surface area contributed by atoms with Gasteiger partial charge in [-0.3, -0.25) is 9.78 Å². The minimum atomic E-state index is 0.0643. The lowest BCUT2D eigenvalue weighted by atomic mass is 10.0. The van der Waals surface area contributed by atoms with Crippen molar-refractivity contribution in [1.82, 2.24) is 14.9 Å². The molecular weight excluding hydrogens is 340 g/mol. The highest BCUT2D eigenvalue weighted by Gasteiger charge is 2.25. The summed E-state index contributed by atoms with van der Waals surface area (Å²) in [6.07, 6.45) is 6.71. The molecule has 0 saturated carbocycles. The second kappa shape index (κ2) is 7.88. The maximum Gasteiger partial charge on any atom is 0.253 e. The number of hydrogen-bond acceptors (Lipinski definition) is 3. The van der Waals surface area contributed by atoms with Crippen LogP contribution in [0, 0.1) is 0 Å². The number of fused-ring (bicyclic) bond motifs is 1. The molecule has 1 fully saturated rings. The molecule has 6 nitrogen and oxygen atoms in total. The topological polar surface area (TPSA) is 72.4 Å². The van der Waals surface area contributed by atoms with E-state index in [1.54, 1.807) is 6.33 Å². The van der Waals surface area contributed by atoms with Gasteiger partial charge in [-0.15, -0.1) is 4.98 Å². The minimum absolute atomic E-state index is 0.0643. The third-order valence-corrected chi connectivity index (χ3v) is 5.01. The molecule has 6 heteroatoms. The summed E-state index contributed by atoms with van der Waals surface area (Å²) in [6, 6.07) is 9.73. The Morgan fingerprint density at radius 2 is 2.33 bits per heavy atom. The summed E-state index contributed by atoms with van der Waals surface area (Å²) in [4.78, 5) is 25.7. The number of carbonyl (C=O) groups is 1. The number of nitrogens with zero attached hydrogens (tertiary/aromatic N) is 2. The second-order valence-electron chi connectivity index (χ2n) is 6.98. The van der Waals surface area contributed by atoms with Gasteiger partial charge in [-0.25, -0.2) is 4.98 Å². The Morgan fingerprint density at radius 1 is 1.41 bits per heavy atom. The van der Waals surface area contributed by atoms with Crippen molar-refractivity contribution in [3.8, 4) is 11.3 Å². The van der Waals surface area contributed by atoms with Crippen molar-refractivity contribution >= 4 is 16.9 Å². The molecule has 2 aromatic heterocycles. The number of rotatable bonds is 5. The molecule has 3 aromatic rings. The maximum atomic E-state index is 13.1. The van der Waals surface area contributed by atoms with Gasteiger partial charge in [0.25, 0.3) is 5.91 Å². The Hall–Kier alpha value is -2.73. The van der Waals surface area contributed by atoms with E-state index < -0.39 is 0 Å². The van der Waals surface area contributed by atoms with E-state index in [1.165, 1.54) is 0 Å². The number of carbonyl (C=O) groups excluding carboxylic acids is 1. The lowest BCUT2D eigenvalue weighted by molar-refractivity contribution is -0.352. The van der Waals surface area contributed by atoms with Crippen molar-refractivity contribution in [2.45, 2.75) is 32.3 Å². The number of benzene rings is 1. The van der Waals surface area contributed by atoms with Crippen LogP contribution in [0.3, 0.4) is 0 Å². The third kappa shape index (κ3) is 3.71. The first kappa shape index (κ1) is 17.7. The van der Waals surface area contributed by atoms with Crippen molar-refractivity contribution in [3.05, 3.63) is 48.4 Å². The molecule has 1 aromatic carbocycles.